The molecule has 66 heavy (non-hydrogen) atoms. The van der Waals surface area contributed by atoms with Gasteiger partial charge in [0.15, 0.2) is 0 Å². The van der Waals surface area contributed by atoms with E-state index in [9.17, 15) is 0 Å². The van der Waals surface area contributed by atoms with Crippen molar-refractivity contribution in [1.82, 2.24) is 14.5 Å². The monoisotopic (exact) mass is 1060 g/mol. The van der Waals surface area contributed by atoms with Gasteiger partial charge in [-0.25, -0.2) is 0 Å². The van der Waals surface area contributed by atoms with Crippen molar-refractivity contribution in [2.75, 3.05) is 0 Å². The van der Waals surface area contributed by atoms with E-state index in [4.69, 9.17) is 12.1 Å². The van der Waals surface area contributed by atoms with Crippen molar-refractivity contribution in [3.05, 3.63) is 193 Å². The first kappa shape index (κ1) is 43.7. The largest absolute Gasteiger partial charge is 0.501 e. The Morgan fingerprint density at radius 3 is 1.91 bits per heavy atom. The summed E-state index contributed by atoms with van der Waals surface area (Å²) < 4.78 is 26.4. The normalized spacial score (nSPS) is 12.6. The van der Waals surface area contributed by atoms with Crippen molar-refractivity contribution >= 4 is 46.2 Å². The molecule has 7 aromatic carbocycles. The minimum Gasteiger partial charge on any atom is -0.501 e. The van der Waals surface area contributed by atoms with Gasteiger partial charge in [-0.15, -0.1) is 54.1 Å². The third kappa shape index (κ3) is 9.55. The molecule has 0 saturated heterocycles. The Hall–Kier alpha value is -6.17. The van der Waals surface area contributed by atoms with Gasteiger partial charge in [0, 0.05) is 45.6 Å². The fourth-order valence-corrected chi connectivity index (χ4v) is 9.92. The molecule has 0 atom stereocenters. The maximum absolute atomic E-state index is 8.75. The zero-order chi connectivity index (χ0) is 47.3. The van der Waals surface area contributed by atoms with Crippen LogP contribution in [0, 0.1) is 17.5 Å². The molecular weight excluding hydrogens is 999 g/mol. The number of rotatable bonds is 7. The molecule has 0 aliphatic carbocycles. The molecule has 0 bridgehead atoms. The van der Waals surface area contributed by atoms with Gasteiger partial charge in [0.25, 0.3) is 0 Å². The third-order valence-electron chi connectivity index (χ3n) is 11.7. The molecule has 333 valence electrons. The van der Waals surface area contributed by atoms with Gasteiger partial charge >= 0.3 is 0 Å². The van der Waals surface area contributed by atoms with Crippen LogP contribution >= 0.6 is 0 Å². The molecule has 3 heterocycles. The van der Waals surface area contributed by atoms with Crippen LogP contribution in [-0.4, -0.2) is 22.6 Å². The van der Waals surface area contributed by atoms with Gasteiger partial charge in [-0.05, 0) is 75.1 Å². The average molecular weight is 1060 g/mol. The van der Waals surface area contributed by atoms with Crippen molar-refractivity contribution in [2.45, 2.75) is 73.0 Å². The molecule has 0 N–H and O–H groups in total. The first-order chi connectivity index (χ1) is 31.9. The fourth-order valence-electron chi connectivity index (χ4n) is 8.52. The predicted molar refractivity (Wildman–Crippen MR) is 277 cm³/mol. The van der Waals surface area contributed by atoms with Crippen molar-refractivity contribution < 1.29 is 27.3 Å². The Balaban J connectivity index is 0.000000222. The number of benzene rings is 7. The number of para-hydroxylation sites is 3. The number of pyridine rings is 1. The van der Waals surface area contributed by atoms with Crippen LogP contribution in [-0.2, 0) is 31.9 Å². The second kappa shape index (κ2) is 18.6. The molecule has 0 fully saturated rings. The Labute approximate surface area is 408 Å². The molecule has 10 rings (SSSR count). The van der Waals surface area contributed by atoms with E-state index in [0.717, 1.165) is 94.3 Å². The molecule has 6 heteroatoms. The number of nitrogens with zero attached hydrogens (tertiary/aromatic N) is 3. The second-order valence-electron chi connectivity index (χ2n) is 19.9. The van der Waals surface area contributed by atoms with E-state index >= 15 is 0 Å². The smallest absolute Gasteiger partial charge is 0.120 e. The Morgan fingerprint density at radius 1 is 0.667 bits per heavy atom. The summed E-state index contributed by atoms with van der Waals surface area (Å²) in [5.41, 5.74) is 13.3. The maximum Gasteiger partial charge on any atom is 0.120 e. The quantitative estimate of drug-likeness (QED) is 0.118. The van der Waals surface area contributed by atoms with Gasteiger partial charge in [-0.1, -0.05) is 175 Å². The molecule has 0 aliphatic heterocycles. The van der Waals surface area contributed by atoms with E-state index in [1.165, 1.54) is 5.56 Å². The SMILES string of the molecule is CC(C)(C)c1cc(-c2ccccc2)c(-n2c(-c3[c-]ccc4c3oc3ccccc34)nc3ccccc32)c(-c2ccccc2)c1.[2H]C([2H])(c1cc(-c2[c-]cccc2)ncc1[Si](C)(C)C)C(C)(C)C.[Ir]. The molecule has 0 aliphatic rings. The summed E-state index contributed by atoms with van der Waals surface area (Å²) in [5.74, 6) is 0.800. The topological polar surface area (TPSA) is 43.9 Å². The summed E-state index contributed by atoms with van der Waals surface area (Å²) in [7, 11) is -1.70. The standard InChI is InChI=1S/C41H31N2O.C19H26NSi.Ir/c1-41(2,3)29-25-33(27-15-6-4-7-16-27)38(34(26-29)28-17-8-5-9-18-28)43-36-23-12-11-22-35(36)42-40(43)32-21-14-20-31-30-19-10-13-24-37(30)44-39(31)32;1-19(2,3)13-16-12-17(15-10-8-7-9-11-15)20-14-18(16)21(4,5)6;/h4-20,22-26H,1-3H3;7-10,12,14H,13H2,1-6H3;/q2*-1;/i;13D2;. The molecule has 10 aromatic rings. The number of fused-ring (bicyclic) bond motifs is 4. The summed E-state index contributed by atoms with van der Waals surface area (Å²) in [6.45, 7) is 19.4. The third-order valence-corrected chi connectivity index (χ3v) is 13.7. The van der Waals surface area contributed by atoms with Crippen LogP contribution in [0.3, 0.4) is 0 Å². The van der Waals surface area contributed by atoms with Gasteiger partial charge < -0.3 is 14.0 Å². The predicted octanol–water partition coefficient (Wildman–Crippen LogP) is 15.7. The Kier molecular flexibility index (Phi) is 12.3. The van der Waals surface area contributed by atoms with E-state index in [1.54, 1.807) is 0 Å². The minimum absolute atomic E-state index is 0. The molecule has 0 spiro atoms. The first-order valence-electron chi connectivity index (χ1n) is 23.5. The number of hydrogen-bond acceptors (Lipinski definition) is 3. The van der Waals surface area contributed by atoms with Crippen LogP contribution < -0.4 is 5.19 Å². The van der Waals surface area contributed by atoms with Gasteiger partial charge in [-0.3, -0.25) is 4.98 Å². The Morgan fingerprint density at radius 2 is 1.29 bits per heavy atom. The first-order valence-corrected chi connectivity index (χ1v) is 26.0. The van der Waals surface area contributed by atoms with Gasteiger partial charge in [0.2, 0.25) is 0 Å². The number of hydrogen-bond donors (Lipinski definition) is 0. The molecule has 1 radical (unpaired) electrons. The summed E-state index contributed by atoms with van der Waals surface area (Å²) in [6, 6.07) is 63.1. The van der Waals surface area contributed by atoms with Gasteiger partial charge in [0.05, 0.1) is 36.2 Å². The molecule has 0 saturated carbocycles. The van der Waals surface area contributed by atoms with Crippen molar-refractivity contribution in [1.29, 1.82) is 0 Å². The maximum atomic E-state index is 8.75. The van der Waals surface area contributed by atoms with Gasteiger partial charge in [-0.2, -0.15) is 0 Å². The van der Waals surface area contributed by atoms with Crippen LogP contribution in [0.5, 0.6) is 0 Å². The average Bonchev–Trinajstić information content (AvgIpc) is 3.90. The van der Waals surface area contributed by atoms with Crippen LogP contribution in [0.4, 0.5) is 0 Å². The van der Waals surface area contributed by atoms with Crippen LogP contribution in [0.2, 0.25) is 19.6 Å². The second-order valence-corrected chi connectivity index (χ2v) is 24.9. The minimum atomic E-state index is -1.70. The van der Waals surface area contributed by atoms with Crippen LogP contribution in [0.1, 0.15) is 55.4 Å². The molecule has 3 aromatic heterocycles. The molecular formula is C60H57IrN3OSi-2. The zero-order valence-corrected chi connectivity index (χ0v) is 42.6. The van der Waals surface area contributed by atoms with E-state index in [-0.39, 0.29) is 25.5 Å². The number of imidazole rings is 1. The molecule has 0 amide bonds. The molecule has 0 unspecified atom stereocenters. The summed E-state index contributed by atoms with van der Waals surface area (Å²) >= 11 is 0. The van der Waals surface area contributed by atoms with Crippen molar-refractivity contribution in [3.63, 3.8) is 0 Å². The van der Waals surface area contributed by atoms with E-state index in [1.807, 2.05) is 81.6 Å². The summed E-state index contributed by atoms with van der Waals surface area (Å²) in [5, 5.41) is 3.24. The van der Waals surface area contributed by atoms with E-state index in [0.29, 0.717) is 0 Å². The van der Waals surface area contributed by atoms with Crippen molar-refractivity contribution in [2.24, 2.45) is 5.41 Å². The fraction of sp³-hybridized carbons (Fsp3) is 0.200. The van der Waals surface area contributed by atoms with Crippen LogP contribution in [0.25, 0.3) is 83.6 Å². The number of furan rings is 1. The summed E-state index contributed by atoms with van der Waals surface area (Å²) in [4.78, 5) is 9.90. The number of aromatic nitrogens is 3. The summed E-state index contributed by atoms with van der Waals surface area (Å²) in [6.07, 6.45) is 0.469. The van der Waals surface area contributed by atoms with Crippen LogP contribution in [0.15, 0.2) is 174 Å². The van der Waals surface area contributed by atoms with Gasteiger partial charge in [0.1, 0.15) is 5.58 Å². The van der Waals surface area contributed by atoms with E-state index in [2.05, 4.69) is 171 Å². The Bertz CT molecular complexity index is 3320. The molecule has 4 nitrogen and oxygen atoms in total. The van der Waals surface area contributed by atoms with E-state index < -0.39 is 19.9 Å². The zero-order valence-electron chi connectivity index (χ0n) is 41.2. The van der Waals surface area contributed by atoms with Crippen molar-refractivity contribution in [3.8, 4) is 50.6 Å².